The van der Waals surface area contributed by atoms with Gasteiger partial charge in [0.1, 0.15) is 5.75 Å². The number of nitrogens with one attached hydrogen (secondary N) is 1. The minimum Gasteiger partial charge on any atom is -0.508 e. The molecule has 0 heterocycles. The summed E-state index contributed by atoms with van der Waals surface area (Å²) in [4.78, 5) is 0. The van der Waals surface area contributed by atoms with Gasteiger partial charge in [-0.3, -0.25) is 0 Å². The number of hydrogen-bond acceptors (Lipinski definition) is 2. The standard InChI is InChI=1S/C18H23NO/c1-17(2)16(18(17,3)4)19-11-14-13-8-6-5-7-12(13)9-10-15(14)20/h5-10,16,19-20H,11H2,1-4H3. The average Bonchev–Trinajstić information content (AvgIpc) is 2.79. The van der Waals surface area contributed by atoms with Crippen molar-refractivity contribution in [3.63, 3.8) is 0 Å². The predicted octanol–water partition coefficient (Wildman–Crippen LogP) is 4.07. The maximum atomic E-state index is 10.2. The second-order valence-corrected chi connectivity index (χ2v) is 7.04. The van der Waals surface area contributed by atoms with Gasteiger partial charge in [-0.1, -0.05) is 58.0 Å². The Morgan fingerprint density at radius 3 is 2.30 bits per heavy atom. The maximum absolute atomic E-state index is 10.2. The van der Waals surface area contributed by atoms with Gasteiger partial charge in [0, 0.05) is 18.2 Å². The van der Waals surface area contributed by atoms with Gasteiger partial charge in [0.15, 0.2) is 0 Å². The van der Waals surface area contributed by atoms with E-state index in [9.17, 15) is 5.11 Å². The third kappa shape index (κ3) is 1.82. The first kappa shape index (κ1) is 13.4. The third-order valence-corrected chi connectivity index (χ3v) is 5.52. The number of phenolic OH excluding ortho intramolecular Hbond substituents is 1. The van der Waals surface area contributed by atoms with Crippen molar-refractivity contribution in [1.82, 2.24) is 5.32 Å². The molecule has 0 amide bonds. The highest BCUT2D eigenvalue weighted by Gasteiger charge is 2.64. The largest absolute Gasteiger partial charge is 0.508 e. The Hall–Kier alpha value is -1.54. The highest BCUT2D eigenvalue weighted by Crippen LogP contribution is 2.62. The zero-order valence-corrected chi connectivity index (χ0v) is 12.7. The third-order valence-electron chi connectivity index (χ3n) is 5.52. The lowest BCUT2D eigenvalue weighted by Gasteiger charge is -2.11. The molecular formula is C18H23NO. The molecule has 106 valence electrons. The summed E-state index contributed by atoms with van der Waals surface area (Å²) in [7, 11) is 0. The second kappa shape index (κ2) is 4.23. The van der Waals surface area contributed by atoms with Crippen molar-refractivity contribution < 1.29 is 5.11 Å². The molecule has 2 aromatic rings. The highest BCUT2D eigenvalue weighted by molar-refractivity contribution is 5.87. The van der Waals surface area contributed by atoms with E-state index in [0.717, 1.165) is 10.9 Å². The molecular weight excluding hydrogens is 246 g/mol. The van der Waals surface area contributed by atoms with Crippen molar-refractivity contribution in [3.8, 4) is 5.75 Å². The van der Waals surface area contributed by atoms with E-state index in [4.69, 9.17) is 0 Å². The number of hydrogen-bond donors (Lipinski definition) is 2. The fourth-order valence-electron chi connectivity index (χ4n) is 3.42. The zero-order chi connectivity index (χ0) is 14.5. The monoisotopic (exact) mass is 269 g/mol. The Morgan fingerprint density at radius 1 is 1.00 bits per heavy atom. The number of fused-ring (bicyclic) bond motifs is 1. The van der Waals surface area contributed by atoms with Crippen molar-refractivity contribution in [2.45, 2.75) is 40.3 Å². The highest BCUT2D eigenvalue weighted by atomic mass is 16.3. The van der Waals surface area contributed by atoms with Gasteiger partial charge >= 0.3 is 0 Å². The topological polar surface area (TPSA) is 32.3 Å². The summed E-state index contributed by atoms with van der Waals surface area (Å²) in [6.07, 6.45) is 0. The molecule has 0 aromatic heterocycles. The number of aromatic hydroxyl groups is 1. The Balaban J connectivity index is 1.87. The van der Waals surface area contributed by atoms with Crippen molar-refractivity contribution in [1.29, 1.82) is 0 Å². The van der Waals surface area contributed by atoms with Crippen LogP contribution in [0, 0.1) is 10.8 Å². The van der Waals surface area contributed by atoms with Gasteiger partial charge in [-0.2, -0.15) is 0 Å². The van der Waals surface area contributed by atoms with Crippen LogP contribution in [0.2, 0.25) is 0 Å². The molecule has 2 heteroatoms. The molecule has 1 aliphatic carbocycles. The van der Waals surface area contributed by atoms with Gasteiger partial charge in [-0.25, -0.2) is 0 Å². The lowest BCUT2D eigenvalue weighted by molar-refractivity contribution is 0.457. The van der Waals surface area contributed by atoms with Gasteiger partial charge in [0.05, 0.1) is 0 Å². The Bertz CT molecular complexity index is 644. The first-order valence-corrected chi connectivity index (χ1v) is 7.28. The molecule has 0 bridgehead atoms. The van der Waals surface area contributed by atoms with Crippen molar-refractivity contribution in [2.75, 3.05) is 0 Å². The molecule has 1 fully saturated rings. The van der Waals surface area contributed by atoms with E-state index < -0.39 is 0 Å². The molecule has 0 spiro atoms. The van der Waals surface area contributed by atoms with E-state index in [1.54, 1.807) is 6.07 Å². The minimum absolute atomic E-state index is 0.313. The van der Waals surface area contributed by atoms with E-state index in [-0.39, 0.29) is 0 Å². The Kier molecular flexibility index (Phi) is 2.84. The van der Waals surface area contributed by atoms with E-state index in [0.29, 0.717) is 29.2 Å². The number of phenols is 1. The normalized spacial score (nSPS) is 20.2. The van der Waals surface area contributed by atoms with Crippen molar-refractivity contribution in [3.05, 3.63) is 42.0 Å². The van der Waals surface area contributed by atoms with Crippen LogP contribution in [0.25, 0.3) is 10.8 Å². The van der Waals surface area contributed by atoms with E-state index in [1.165, 1.54) is 5.39 Å². The summed E-state index contributed by atoms with van der Waals surface area (Å²) in [6, 6.07) is 12.5. The molecule has 1 saturated carbocycles. The molecule has 2 aromatic carbocycles. The van der Waals surface area contributed by atoms with Gasteiger partial charge in [0.2, 0.25) is 0 Å². The van der Waals surface area contributed by atoms with Crippen LogP contribution >= 0.6 is 0 Å². The van der Waals surface area contributed by atoms with Crippen LogP contribution in [0.15, 0.2) is 36.4 Å². The molecule has 20 heavy (non-hydrogen) atoms. The Morgan fingerprint density at radius 2 is 1.65 bits per heavy atom. The molecule has 2 N–H and O–H groups in total. The summed E-state index contributed by atoms with van der Waals surface area (Å²) in [5, 5.41) is 16.1. The molecule has 2 nitrogen and oxygen atoms in total. The number of rotatable bonds is 3. The Labute approximate surface area is 120 Å². The van der Waals surface area contributed by atoms with Crippen molar-refractivity contribution in [2.24, 2.45) is 10.8 Å². The minimum atomic E-state index is 0.313. The summed E-state index contributed by atoms with van der Waals surface area (Å²) < 4.78 is 0. The summed E-state index contributed by atoms with van der Waals surface area (Å²) >= 11 is 0. The quantitative estimate of drug-likeness (QED) is 0.880. The smallest absolute Gasteiger partial charge is 0.120 e. The molecule has 1 aliphatic rings. The molecule has 0 radical (unpaired) electrons. The predicted molar refractivity (Wildman–Crippen MR) is 83.8 cm³/mol. The lowest BCUT2D eigenvalue weighted by Crippen LogP contribution is -2.21. The number of benzene rings is 2. The van der Waals surface area contributed by atoms with Gasteiger partial charge in [0.25, 0.3) is 0 Å². The first-order chi connectivity index (χ1) is 9.35. The summed E-state index contributed by atoms with van der Waals surface area (Å²) in [6.45, 7) is 9.91. The molecule has 0 atom stereocenters. The van der Waals surface area contributed by atoms with Gasteiger partial charge in [-0.05, 0) is 27.7 Å². The van der Waals surface area contributed by atoms with E-state index in [1.807, 2.05) is 18.2 Å². The van der Waals surface area contributed by atoms with Crippen LogP contribution in [0.5, 0.6) is 5.75 Å². The first-order valence-electron chi connectivity index (χ1n) is 7.28. The molecule has 0 aliphatic heterocycles. The maximum Gasteiger partial charge on any atom is 0.120 e. The van der Waals surface area contributed by atoms with Crippen molar-refractivity contribution >= 4 is 10.8 Å². The van der Waals surface area contributed by atoms with E-state index >= 15 is 0 Å². The van der Waals surface area contributed by atoms with E-state index in [2.05, 4.69) is 45.1 Å². The van der Waals surface area contributed by atoms with Crippen LogP contribution in [0.3, 0.4) is 0 Å². The SMILES string of the molecule is CC1(C)C(NCc2c(O)ccc3ccccc23)C1(C)C. The van der Waals surface area contributed by atoms with Crippen LogP contribution in [-0.4, -0.2) is 11.1 Å². The zero-order valence-electron chi connectivity index (χ0n) is 12.7. The fraction of sp³-hybridized carbons (Fsp3) is 0.444. The average molecular weight is 269 g/mol. The second-order valence-electron chi connectivity index (χ2n) is 7.04. The summed E-state index contributed by atoms with van der Waals surface area (Å²) in [5.74, 6) is 0.382. The molecule has 0 unspecified atom stereocenters. The van der Waals surface area contributed by atoms with Gasteiger partial charge < -0.3 is 10.4 Å². The van der Waals surface area contributed by atoms with Crippen LogP contribution < -0.4 is 5.32 Å². The summed E-state index contributed by atoms with van der Waals surface area (Å²) in [5.41, 5.74) is 1.63. The van der Waals surface area contributed by atoms with Gasteiger partial charge in [-0.15, -0.1) is 0 Å². The van der Waals surface area contributed by atoms with Crippen LogP contribution in [-0.2, 0) is 6.54 Å². The van der Waals surface area contributed by atoms with Crippen LogP contribution in [0.1, 0.15) is 33.3 Å². The molecule has 3 rings (SSSR count). The lowest BCUT2D eigenvalue weighted by atomic mass is 10.0. The van der Waals surface area contributed by atoms with Crippen LogP contribution in [0.4, 0.5) is 0 Å². The molecule has 0 saturated heterocycles. The fourth-order valence-corrected chi connectivity index (χ4v) is 3.42.